The Balaban J connectivity index is 2.34. The highest BCUT2D eigenvalue weighted by Gasteiger charge is 2.17. The summed E-state index contributed by atoms with van der Waals surface area (Å²) in [6.45, 7) is 0.393. The normalized spacial score (nSPS) is 11.2. The van der Waals surface area contributed by atoms with Gasteiger partial charge in [0.05, 0.1) is 6.61 Å². The van der Waals surface area contributed by atoms with E-state index in [1.807, 2.05) is 0 Å². The molecule has 0 amide bonds. The van der Waals surface area contributed by atoms with Gasteiger partial charge in [0.25, 0.3) is 5.89 Å². The van der Waals surface area contributed by atoms with Gasteiger partial charge in [-0.2, -0.15) is 8.78 Å². The van der Waals surface area contributed by atoms with Crippen molar-refractivity contribution in [1.29, 1.82) is 0 Å². The van der Waals surface area contributed by atoms with Gasteiger partial charge in [0.15, 0.2) is 0 Å². The fraction of sp³-hybridized carbons (Fsp3) is 0.273. The third-order valence-corrected chi connectivity index (χ3v) is 2.99. The number of hydrogen-bond donors (Lipinski definition) is 0. The molecular weight excluding hydrogens is 310 g/mol. The van der Waals surface area contributed by atoms with Gasteiger partial charge in [-0.1, -0.05) is 15.9 Å². The van der Waals surface area contributed by atoms with E-state index in [1.165, 1.54) is 0 Å². The molecule has 0 radical (unpaired) electrons. The Labute approximate surface area is 110 Å². The maximum absolute atomic E-state index is 12.3. The molecular formula is C11H9BrF2N2O2. The molecule has 0 aliphatic rings. The zero-order chi connectivity index (χ0) is 13.1. The third-order valence-electron chi connectivity index (χ3n) is 2.22. The number of rotatable bonds is 4. The molecule has 0 unspecified atom stereocenters. The summed E-state index contributed by atoms with van der Waals surface area (Å²) in [5.41, 5.74) is 1.44. The smallest absolute Gasteiger partial charge is 0.314 e. The number of ether oxygens (including phenoxy) is 1. The van der Waals surface area contributed by atoms with Crippen LogP contribution in [0, 0.1) is 0 Å². The van der Waals surface area contributed by atoms with Crippen molar-refractivity contribution in [3.63, 3.8) is 0 Å². The summed E-state index contributed by atoms with van der Waals surface area (Å²) in [5.74, 6) is -0.614. The third kappa shape index (κ3) is 2.73. The molecule has 7 heteroatoms. The van der Waals surface area contributed by atoms with E-state index in [9.17, 15) is 8.78 Å². The van der Waals surface area contributed by atoms with E-state index >= 15 is 0 Å². The topological polar surface area (TPSA) is 48.2 Å². The first-order valence-electron chi connectivity index (χ1n) is 5.01. The Morgan fingerprint density at radius 3 is 2.78 bits per heavy atom. The molecule has 0 N–H and O–H groups in total. The Morgan fingerprint density at radius 2 is 2.17 bits per heavy atom. The molecule has 1 aromatic heterocycles. The van der Waals surface area contributed by atoms with E-state index in [-0.39, 0.29) is 5.89 Å². The average molecular weight is 319 g/mol. The zero-order valence-electron chi connectivity index (χ0n) is 9.36. The summed E-state index contributed by atoms with van der Waals surface area (Å²) in [6.07, 6.45) is -2.76. The van der Waals surface area contributed by atoms with Crippen LogP contribution in [0.5, 0.6) is 0 Å². The van der Waals surface area contributed by atoms with Crippen LogP contribution in [0.15, 0.2) is 27.1 Å². The summed E-state index contributed by atoms with van der Waals surface area (Å²) >= 11 is 3.37. The maximum atomic E-state index is 12.3. The number of halogens is 3. The molecule has 2 aromatic rings. The molecule has 0 aliphatic heterocycles. The van der Waals surface area contributed by atoms with Crippen molar-refractivity contribution < 1.29 is 17.9 Å². The molecule has 0 saturated heterocycles. The van der Waals surface area contributed by atoms with Crippen LogP contribution in [0.3, 0.4) is 0 Å². The number of hydrogen-bond acceptors (Lipinski definition) is 4. The van der Waals surface area contributed by atoms with Crippen molar-refractivity contribution in [2.24, 2.45) is 0 Å². The van der Waals surface area contributed by atoms with Crippen LogP contribution >= 0.6 is 15.9 Å². The summed E-state index contributed by atoms with van der Waals surface area (Å²) in [5, 5.41) is 6.87. The minimum Gasteiger partial charge on any atom is -0.415 e. The van der Waals surface area contributed by atoms with Crippen molar-refractivity contribution in [2.45, 2.75) is 13.0 Å². The first-order chi connectivity index (χ1) is 8.61. The molecule has 1 heterocycles. The number of alkyl halides is 2. The highest BCUT2D eigenvalue weighted by Crippen LogP contribution is 2.27. The van der Waals surface area contributed by atoms with E-state index < -0.39 is 12.3 Å². The monoisotopic (exact) mass is 318 g/mol. The molecule has 2 rings (SSSR count). The van der Waals surface area contributed by atoms with Crippen LogP contribution in [-0.4, -0.2) is 17.3 Å². The largest absolute Gasteiger partial charge is 0.415 e. The van der Waals surface area contributed by atoms with Gasteiger partial charge in [-0.05, 0) is 23.8 Å². The Hall–Kier alpha value is -1.34. The van der Waals surface area contributed by atoms with Gasteiger partial charge in [-0.15, -0.1) is 10.2 Å². The van der Waals surface area contributed by atoms with Gasteiger partial charge in [0.1, 0.15) is 0 Å². The van der Waals surface area contributed by atoms with Crippen LogP contribution in [-0.2, 0) is 11.3 Å². The number of benzene rings is 1. The Kier molecular flexibility index (Phi) is 4.03. The molecule has 0 atom stereocenters. The van der Waals surface area contributed by atoms with Gasteiger partial charge < -0.3 is 9.15 Å². The van der Waals surface area contributed by atoms with E-state index in [1.54, 1.807) is 25.3 Å². The number of methoxy groups -OCH3 is 1. The lowest BCUT2D eigenvalue weighted by Crippen LogP contribution is -1.90. The summed E-state index contributed by atoms with van der Waals surface area (Å²) in [4.78, 5) is 0. The molecule has 1 aromatic carbocycles. The van der Waals surface area contributed by atoms with Crippen LogP contribution < -0.4 is 0 Å². The van der Waals surface area contributed by atoms with Gasteiger partial charge in [0.2, 0.25) is 5.89 Å². The minimum atomic E-state index is -2.76. The molecule has 0 aliphatic carbocycles. The maximum Gasteiger partial charge on any atom is 0.314 e. The van der Waals surface area contributed by atoms with Gasteiger partial charge in [-0.3, -0.25) is 0 Å². The SMILES string of the molecule is COCc1cc(-c2nnc(C(F)F)o2)ccc1Br. The molecule has 0 fully saturated rings. The molecule has 0 saturated carbocycles. The predicted octanol–water partition coefficient (Wildman–Crippen LogP) is 3.58. The standard InChI is InChI=1S/C11H9BrF2N2O2/c1-17-5-7-4-6(2-3-8(7)12)10-15-16-11(18-10)9(13)14/h2-4,9H,5H2,1H3. The average Bonchev–Trinajstić information content (AvgIpc) is 2.82. The Bertz CT molecular complexity index is 546. The Morgan fingerprint density at radius 1 is 1.39 bits per heavy atom. The summed E-state index contributed by atoms with van der Waals surface area (Å²) in [7, 11) is 1.57. The quantitative estimate of drug-likeness (QED) is 0.864. The van der Waals surface area contributed by atoms with E-state index in [2.05, 4.69) is 26.1 Å². The van der Waals surface area contributed by atoms with Crippen molar-refractivity contribution in [3.05, 3.63) is 34.1 Å². The van der Waals surface area contributed by atoms with Crippen molar-refractivity contribution in [2.75, 3.05) is 7.11 Å². The van der Waals surface area contributed by atoms with Crippen LogP contribution in [0.25, 0.3) is 11.5 Å². The van der Waals surface area contributed by atoms with Crippen LogP contribution in [0.1, 0.15) is 17.9 Å². The fourth-order valence-corrected chi connectivity index (χ4v) is 1.77. The van der Waals surface area contributed by atoms with Gasteiger partial charge in [-0.25, -0.2) is 0 Å². The fourth-order valence-electron chi connectivity index (χ4n) is 1.41. The summed E-state index contributed by atoms with van der Waals surface area (Å²) in [6, 6.07) is 5.22. The minimum absolute atomic E-state index is 0.0650. The first-order valence-corrected chi connectivity index (χ1v) is 5.80. The van der Waals surface area contributed by atoms with E-state index in [0.29, 0.717) is 12.2 Å². The second-order valence-electron chi connectivity index (χ2n) is 3.49. The van der Waals surface area contributed by atoms with Crippen LogP contribution in [0.2, 0.25) is 0 Å². The van der Waals surface area contributed by atoms with Crippen molar-refractivity contribution in [3.8, 4) is 11.5 Å². The lowest BCUT2D eigenvalue weighted by Gasteiger charge is -2.04. The predicted molar refractivity (Wildman–Crippen MR) is 63.1 cm³/mol. The molecule has 0 bridgehead atoms. The molecule has 0 spiro atoms. The molecule has 96 valence electrons. The van der Waals surface area contributed by atoms with E-state index in [0.717, 1.165) is 10.0 Å². The van der Waals surface area contributed by atoms with Crippen molar-refractivity contribution in [1.82, 2.24) is 10.2 Å². The highest BCUT2D eigenvalue weighted by molar-refractivity contribution is 9.10. The van der Waals surface area contributed by atoms with Gasteiger partial charge in [0, 0.05) is 17.1 Å². The second kappa shape index (κ2) is 5.53. The highest BCUT2D eigenvalue weighted by atomic mass is 79.9. The summed E-state index contributed by atoms with van der Waals surface area (Å²) < 4.78 is 35.4. The number of nitrogens with zero attached hydrogens (tertiary/aromatic N) is 2. The second-order valence-corrected chi connectivity index (χ2v) is 4.34. The van der Waals surface area contributed by atoms with Crippen LogP contribution in [0.4, 0.5) is 8.78 Å². The lowest BCUT2D eigenvalue weighted by atomic mass is 10.1. The van der Waals surface area contributed by atoms with Crippen molar-refractivity contribution >= 4 is 15.9 Å². The van der Waals surface area contributed by atoms with E-state index in [4.69, 9.17) is 9.15 Å². The lowest BCUT2D eigenvalue weighted by molar-refractivity contribution is 0.116. The zero-order valence-corrected chi connectivity index (χ0v) is 10.9. The first kappa shape index (κ1) is 13.1. The molecule has 18 heavy (non-hydrogen) atoms. The molecule has 4 nitrogen and oxygen atoms in total. The van der Waals surface area contributed by atoms with Gasteiger partial charge >= 0.3 is 6.43 Å². The number of aromatic nitrogens is 2.